The molecular formula is C19H23N5O2. The number of amides is 1. The van der Waals surface area contributed by atoms with Gasteiger partial charge in [-0.25, -0.2) is 9.97 Å². The van der Waals surface area contributed by atoms with Crippen LogP contribution < -0.4 is 0 Å². The topological polar surface area (TPSA) is 76.2 Å². The molecule has 1 saturated carbocycles. The lowest BCUT2D eigenvalue weighted by atomic mass is 10.1. The average Bonchev–Trinajstić information content (AvgIpc) is 3.34. The molecule has 136 valence electrons. The lowest BCUT2D eigenvalue weighted by Gasteiger charge is -2.29. The number of rotatable bonds is 3. The minimum atomic E-state index is -0.612. The quantitative estimate of drug-likeness (QED) is 0.780. The Morgan fingerprint density at radius 2 is 2.15 bits per heavy atom. The molecule has 7 nitrogen and oxygen atoms in total. The monoisotopic (exact) mass is 353 g/mol. The molecule has 2 aromatic heterocycles. The maximum absolute atomic E-state index is 13.0. The number of carbonyl (C=O) groups is 1. The van der Waals surface area contributed by atoms with E-state index in [2.05, 4.69) is 9.97 Å². The number of carbonyl (C=O) groups excluding carboxylic acids is 1. The van der Waals surface area contributed by atoms with Gasteiger partial charge in [0.05, 0.1) is 35.5 Å². The van der Waals surface area contributed by atoms with Crippen molar-refractivity contribution in [2.45, 2.75) is 38.0 Å². The van der Waals surface area contributed by atoms with Crippen LogP contribution in [0.2, 0.25) is 0 Å². The number of aromatic nitrogens is 4. The predicted molar refractivity (Wildman–Crippen MR) is 97.8 cm³/mol. The lowest BCUT2D eigenvalue weighted by Crippen LogP contribution is -2.43. The second-order valence-electron chi connectivity index (χ2n) is 7.05. The van der Waals surface area contributed by atoms with Gasteiger partial charge >= 0.3 is 0 Å². The summed E-state index contributed by atoms with van der Waals surface area (Å²) in [6.45, 7) is 1.94. The summed E-state index contributed by atoms with van der Waals surface area (Å²) in [4.78, 5) is 23.2. The molecule has 1 fully saturated rings. The van der Waals surface area contributed by atoms with Crippen LogP contribution in [0.1, 0.15) is 35.1 Å². The summed E-state index contributed by atoms with van der Waals surface area (Å²) in [5, 5.41) is 10.7. The highest BCUT2D eigenvalue weighted by Crippen LogP contribution is 2.33. The number of hydrogen-bond acceptors (Lipinski definition) is 4. The van der Waals surface area contributed by atoms with Crippen molar-refractivity contribution in [3.63, 3.8) is 0 Å². The van der Waals surface area contributed by atoms with Crippen molar-refractivity contribution in [1.29, 1.82) is 0 Å². The maximum Gasteiger partial charge on any atom is 0.254 e. The zero-order chi connectivity index (χ0) is 18.4. The highest BCUT2D eigenvalue weighted by molar-refractivity contribution is 5.97. The molecule has 0 radical (unpaired) electrons. The van der Waals surface area contributed by atoms with Crippen molar-refractivity contribution in [1.82, 2.24) is 24.0 Å². The van der Waals surface area contributed by atoms with Crippen molar-refractivity contribution in [2.24, 2.45) is 7.05 Å². The first kappa shape index (κ1) is 16.8. The standard InChI is InChI=1S/C19H23N5O2/c1-12-21-14-10-13(4-5-15(14)22(12)2)19(26)23(3)16-6-7-17(18(16)25)24-9-8-20-11-24/h4-5,8-11,16-18,25H,6-7H2,1-3H3/t16-,17-,18-/m1/s1. The van der Waals surface area contributed by atoms with Crippen LogP contribution in [-0.2, 0) is 7.05 Å². The smallest absolute Gasteiger partial charge is 0.254 e. The van der Waals surface area contributed by atoms with Gasteiger partial charge in [-0.1, -0.05) is 0 Å². The van der Waals surface area contributed by atoms with Crippen LogP contribution in [0.15, 0.2) is 36.9 Å². The number of likely N-dealkylation sites (N-methyl/N-ethyl adjacent to an activating group) is 1. The zero-order valence-corrected chi connectivity index (χ0v) is 15.2. The molecule has 1 aliphatic carbocycles. The Balaban J connectivity index is 1.56. The van der Waals surface area contributed by atoms with E-state index in [0.29, 0.717) is 5.56 Å². The van der Waals surface area contributed by atoms with Crippen LogP contribution in [0.25, 0.3) is 11.0 Å². The van der Waals surface area contributed by atoms with Gasteiger partial charge in [-0.15, -0.1) is 0 Å². The van der Waals surface area contributed by atoms with Crippen LogP contribution in [-0.4, -0.2) is 54.2 Å². The summed E-state index contributed by atoms with van der Waals surface area (Å²) in [6.07, 6.45) is 6.25. The Labute approximate surface area is 151 Å². The third-order valence-electron chi connectivity index (χ3n) is 5.62. The molecule has 3 atom stereocenters. The number of aliphatic hydroxyl groups is 1. The Hall–Kier alpha value is -2.67. The van der Waals surface area contributed by atoms with E-state index in [0.717, 1.165) is 29.7 Å². The molecule has 0 aliphatic heterocycles. The minimum absolute atomic E-state index is 0.0429. The molecule has 0 bridgehead atoms. The molecule has 7 heteroatoms. The van der Waals surface area contributed by atoms with E-state index in [4.69, 9.17) is 0 Å². The number of fused-ring (bicyclic) bond motifs is 1. The Bertz CT molecular complexity index is 946. The fraction of sp³-hybridized carbons (Fsp3) is 0.421. The van der Waals surface area contributed by atoms with Gasteiger partial charge in [0.25, 0.3) is 5.91 Å². The second kappa shape index (κ2) is 6.25. The van der Waals surface area contributed by atoms with Crippen LogP contribution in [0.5, 0.6) is 0 Å². The van der Waals surface area contributed by atoms with E-state index in [1.54, 1.807) is 24.5 Å². The van der Waals surface area contributed by atoms with Crippen molar-refractivity contribution >= 4 is 16.9 Å². The Morgan fingerprint density at radius 1 is 1.35 bits per heavy atom. The molecule has 2 heterocycles. The largest absolute Gasteiger partial charge is 0.389 e. The van der Waals surface area contributed by atoms with E-state index in [-0.39, 0.29) is 18.0 Å². The number of hydrogen-bond donors (Lipinski definition) is 1. The highest BCUT2D eigenvalue weighted by atomic mass is 16.3. The van der Waals surface area contributed by atoms with Crippen LogP contribution in [0.4, 0.5) is 0 Å². The molecule has 0 saturated heterocycles. The highest BCUT2D eigenvalue weighted by Gasteiger charge is 2.39. The summed E-state index contributed by atoms with van der Waals surface area (Å²) < 4.78 is 3.93. The van der Waals surface area contributed by atoms with Gasteiger partial charge in [-0.05, 0) is 38.0 Å². The summed E-state index contributed by atoms with van der Waals surface area (Å²) in [5.41, 5.74) is 2.41. The molecule has 0 spiro atoms. The first-order valence-corrected chi connectivity index (χ1v) is 8.83. The molecule has 26 heavy (non-hydrogen) atoms. The number of imidazole rings is 2. The van der Waals surface area contributed by atoms with Gasteiger partial charge in [-0.3, -0.25) is 4.79 Å². The lowest BCUT2D eigenvalue weighted by molar-refractivity contribution is 0.0443. The Kier molecular flexibility index (Phi) is 4.03. The zero-order valence-electron chi connectivity index (χ0n) is 15.2. The number of aliphatic hydroxyl groups excluding tert-OH is 1. The predicted octanol–water partition coefficient (Wildman–Crippen LogP) is 1.91. The van der Waals surface area contributed by atoms with Crippen LogP contribution in [0, 0.1) is 6.92 Å². The molecule has 0 unspecified atom stereocenters. The van der Waals surface area contributed by atoms with Crippen molar-refractivity contribution in [3.8, 4) is 0 Å². The van der Waals surface area contributed by atoms with E-state index in [1.807, 2.05) is 47.5 Å². The SMILES string of the molecule is Cc1nc2cc(C(=O)N(C)[C@@H]3CC[C@@H](n4ccnc4)[C@@H]3O)ccc2n1C. The third kappa shape index (κ3) is 2.59. The first-order valence-electron chi connectivity index (χ1n) is 8.83. The summed E-state index contributed by atoms with van der Waals surface area (Å²) in [6, 6.07) is 5.33. The summed E-state index contributed by atoms with van der Waals surface area (Å²) >= 11 is 0. The van der Waals surface area contributed by atoms with Crippen molar-refractivity contribution < 1.29 is 9.90 Å². The van der Waals surface area contributed by atoms with Gasteiger partial charge in [0, 0.05) is 32.1 Å². The van der Waals surface area contributed by atoms with Crippen molar-refractivity contribution in [3.05, 3.63) is 48.3 Å². The third-order valence-corrected chi connectivity index (χ3v) is 5.62. The van der Waals surface area contributed by atoms with Gasteiger partial charge in [0.1, 0.15) is 5.82 Å². The molecule has 1 aromatic carbocycles. The van der Waals surface area contributed by atoms with Crippen molar-refractivity contribution in [2.75, 3.05) is 7.05 Å². The summed E-state index contributed by atoms with van der Waals surface area (Å²) in [7, 11) is 3.73. The number of aryl methyl sites for hydroxylation is 2. The first-order chi connectivity index (χ1) is 12.5. The molecule has 1 aliphatic rings. The molecular weight excluding hydrogens is 330 g/mol. The van der Waals surface area contributed by atoms with Gasteiger partial charge in [0.2, 0.25) is 0 Å². The fourth-order valence-corrected chi connectivity index (χ4v) is 3.96. The van der Waals surface area contributed by atoms with Gasteiger partial charge in [0.15, 0.2) is 0 Å². The number of benzene rings is 1. The Morgan fingerprint density at radius 3 is 2.88 bits per heavy atom. The van der Waals surface area contributed by atoms with E-state index in [9.17, 15) is 9.90 Å². The molecule has 1 amide bonds. The van der Waals surface area contributed by atoms with E-state index in [1.165, 1.54) is 0 Å². The van der Waals surface area contributed by atoms with Gasteiger partial charge in [-0.2, -0.15) is 0 Å². The number of nitrogens with zero attached hydrogens (tertiary/aromatic N) is 5. The normalized spacial score (nSPS) is 22.8. The minimum Gasteiger partial charge on any atom is -0.389 e. The maximum atomic E-state index is 13.0. The van der Waals surface area contributed by atoms with E-state index < -0.39 is 6.10 Å². The second-order valence-corrected chi connectivity index (χ2v) is 7.05. The van der Waals surface area contributed by atoms with Crippen LogP contribution >= 0.6 is 0 Å². The summed E-state index contributed by atoms with van der Waals surface area (Å²) in [5.74, 6) is 0.817. The molecule has 3 aromatic rings. The molecule has 4 rings (SSSR count). The van der Waals surface area contributed by atoms with Crippen LogP contribution in [0.3, 0.4) is 0 Å². The fourth-order valence-electron chi connectivity index (χ4n) is 3.96. The average molecular weight is 353 g/mol. The van der Waals surface area contributed by atoms with E-state index >= 15 is 0 Å². The van der Waals surface area contributed by atoms with Gasteiger partial charge < -0.3 is 19.1 Å². The molecule has 1 N–H and O–H groups in total.